The van der Waals surface area contributed by atoms with Gasteiger partial charge in [-0.25, -0.2) is 13.8 Å². The Morgan fingerprint density at radius 3 is 2.16 bits per heavy atom. The van der Waals surface area contributed by atoms with Crippen LogP contribution < -0.4 is 5.43 Å². The predicted molar refractivity (Wildman–Crippen MR) is 122 cm³/mol. The lowest BCUT2D eigenvalue weighted by molar-refractivity contribution is -0.126. The van der Waals surface area contributed by atoms with E-state index >= 15 is 0 Å². The molecule has 2 heterocycles. The van der Waals surface area contributed by atoms with Crippen molar-refractivity contribution in [3.8, 4) is 0 Å². The average Bonchev–Trinajstić information content (AvgIpc) is 2.86. The highest BCUT2D eigenvalue weighted by molar-refractivity contribution is 7.89. The van der Waals surface area contributed by atoms with Gasteiger partial charge < -0.3 is 0 Å². The summed E-state index contributed by atoms with van der Waals surface area (Å²) < 4.78 is 27.0. The van der Waals surface area contributed by atoms with Crippen LogP contribution in [0.2, 0.25) is 0 Å². The van der Waals surface area contributed by atoms with Crippen LogP contribution in [-0.4, -0.2) is 42.4 Å². The summed E-state index contributed by atoms with van der Waals surface area (Å²) in [6.45, 7) is 0.593. The molecule has 2 aromatic carbocycles. The lowest BCUT2D eigenvalue weighted by Gasteiger charge is -2.30. The quantitative estimate of drug-likeness (QED) is 0.463. The van der Waals surface area contributed by atoms with Crippen LogP contribution in [0.25, 0.3) is 0 Å². The number of hydrogen-bond acceptors (Lipinski definition) is 5. The molecule has 0 bridgehead atoms. The van der Waals surface area contributed by atoms with Crippen molar-refractivity contribution in [3.05, 3.63) is 96.3 Å². The van der Waals surface area contributed by atoms with E-state index < -0.39 is 10.0 Å². The molecule has 3 aromatic rings. The highest BCUT2D eigenvalue weighted by Gasteiger charge is 2.32. The summed E-state index contributed by atoms with van der Waals surface area (Å²) in [4.78, 5) is 17.4. The normalized spacial score (nSPS) is 15.9. The maximum atomic E-state index is 12.8. The van der Waals surface area contributed by atoms with Gasteiger partial charge in [0.2, 0.25) is 15.9 Å². The van der Waals surface area contributed by atoms with Crippen LogP contribution in [0.1, 0.15) is 24.1 Å². The Labute approximate surface area is 187 Å². The summed E-state index contributed by atoms with van der Waals surface area (Å²) in [6, 6.07) is 23.4. The molecule has 0 aliphatic carbocycles. The minimum Gasteiger partial charge on any atom is -0.273 e. The van der Waals surface area contributed by atoms with Crippen molar-refractivity contribution >= 4 is 21.6 Å². The maximum absolute atomic E-state index is 12.8. The Morgan fingerprint density at radius 2 is 1.53 bits per heavy atom. The number of rotatable bonds is 6. The van der Waals surface area contributed by atoms with Crippen LogP contribution in [-0.2, 0) is 14.8 Å². The second kappa shape index (κ2) is 9.84. The van der Waals surface area contributed by atoms with E-state index in [2.05, 4.69) is 15.5 Å². The van der Waals surface area contributed by atoms with Crippen molar-refractivity contribution in [2.75, 3.05) is 13.1 Å². The van der Waals surface area contributed by atoms with Crippen molar-refractivity contribution in [2.24, 2.45) is 11.0 Å². The standard InChI is InChI=1S/C24H24N4O3S/c29-24(20-14-17-28(18-15-20)32(30,31)21-11-5-2-6-12-21)27-26-23(19-9-3-1-4-10-19)22-13-7-8-16-25-22/h1-13,16,20H,14-15,17-18H2,(H,27,29)/b26-23+. The van der Waals surface area contributed by atoms with Gasteiger partial charge in [0.25, 0.3) is 0 Å². The molecule has 1 aliphatic heterocycles. The highest BCUT2D eigenvalue weighted by Crippen LogP contribution is 2.24. The van der Waals surface area contributed by atoms with E-state index in [1.165, 1.54) is 4.31 Å². The zero-order valence-electron chi connectivity index (χ0n) is 17.5. The van der Waals surface area contributed by atoms with E-state index in [0.717, 1.165) is 5.56 Å². The molecule has 1 saturated heterocycles. The van der Waals surface area contributed by atoms with Gasteiger partial charge in [0.05, 0.1) is 10.6 Å². The number of benzene rings is 2. The van der Waals surface area contributed by atoms with E-state index in [4.69, 9.17) is 0 Å². The van der Waals surface area contributed by atoms with Gasteiger partial charge in [-0.15, -0.1) is 0 Å². The number of carbonyl (C=O) groups excluding carboxylic acids is 1. The first-order valence-corrected chi connectivity index (χ1v) is 11.9. The number of carbonyl (C=O) groups is 1. The van der Waals surface area contributed by atoms with Crippen molar-refractivity contribution in [3.63, 3.8) is 0 Å². The van der Waals surface area contributed by atoms with Crippen LogP contribution in [0.4, 0.5) is 0 Å². The van der Waals surface area contributed by atoms with Crippen LogP contribution in [0, 0.1) is 5.92 Å². The van der Waals surface area contributed by atoms with Crippen LogP contribution >= 0.6 is 0 Å². The predicted octanol–water partition coefficient (Wildman–Crippen LogP) is 3.05. The third-order valence-electron chi connectivity index (χ3n) is 5.44. The molecule has 32 heavy (non-hydrogen) atoms. The smallest absolute Gasteiger partial charge is 0.243 e. The van der Waals surface area contributed by atoms with E-state index in [1.54, 1.807) is 36.5 Å². The molecule has 8 heteroatoms. The summed E-state index contributed by atoms with van der Waals surface area (Å²) >= 11 is 0. The second-order valence-electron chi connectivity index (χ2n) is 7.51. The fraction of sp³-hybridized carbons (Fsp3) is 0.208. The van der Waals surface area contributed by atoms with Gasteiger partial charge in [-0.05, 0) is 37.1 Å². The highest BCUT2D eigenvalue weighted by atomic mass is 32.2. The van der Waals surface area contributed by atoms with E-state index in [0.29, 0.717) is 37.3 Å². The first-order chi connectivity index (χ1) is 15.6. The number of sulfonamides is 1. The lowest BCUT2D eigenvalue weighted by atomic mass is 9.98. The first kappa shape index (κ1) is 21.9. The molecular formula is C24H24N4O3S. The molecule has 4 rings (SSSR count). The third kappa shape index (κ3) is 4.92. The molecule has 0 spiro atoms. The van der Waals surface area contributed by atoms with Gasteiger partial charge in [0.1, 0.15) is 5.71 Å². The minimum absolute atomic E-state index is 0.217. The van der Waals surface area contributed by atoms with Gasteiger partial charge in [-0.2, -0.15) is 9.41 Å². The molecular weight excluding hydrogens is 424 g/mol. The topological polar surface area (TPSA) is 91.7 Å². The number of aromatic nitrogens is 1. The number of piperidine rings is 1. The van der Waals surface area contributed by atoms with Crippen LogP contribution in [0.15, 0.2) is 95.1 Å². The molecule has 1 amide bonds. The number of hydrogen-bond donors (Lipinski definition) is 1. The Kier molecular flexibility index (Phi) is 6.72. The SMILES string of the molecule is O=C(N/N=C(\c1ccccc1)c1ccccn1)C1CCN(S(=O)(=O)c2ccccc2)CC1. The zero-order valence-corrected chi connectivity index (χ0v) is 18.3. The summed E-state index contributed by atoms with van der Waals surface area (Å²) in [6.07, 6.45) is 2.56. The average molecular weight is 449 g/mol. The molecule has 0 unspecified atom stereocenters. The van der Waals surface area contributed by atoms with E-state index in [-0.39, 0.29) is 16.7 Å². The van der Waals surface area contributed by atoms with Crippen LogP contribution in [0.3, 0.4) is 0 Å². The molecule has 7 nitrogen and oxygen atoms in total. The van der Waals surface area contributed by atoms with Gasteiger partial charge in [-0.1, -0.05) is 54.6 Å². The molecule has 1 fully saturated rings. The molecule has 1 aliphatic rings. The number of amides is 1. The summed E-state index contributed by atoms with van der Waals surface area (Å²) in [7, 11) is -3.54. The van der Waals surface area contributed by atoms with Crippen molar-refractivity contribution in [1.82, 2.24) is 14.7 Å². The van der Waals surface area contributed by atoms with Crippen molar-refractivity contribution in [2.45, 2.75) is 17.7 Å². The molecule has 0 radical (unpaired) electrons. The lowest BCUT2D eigenvalue weighted by Crippen LogP contribution is -2.42. The summed E-state index contributed by atoms with van der Waals surface area (Å²) in [5, 5.41) is 4.38. The Balaban J connectivity index is 1.43. The molecule has 164 valence electrons. The first-order valence-electron chi connectivity index (χ1n) is 10.5. The van der Waals surface area contributed by atoms with Crippen LogP contribution in [0.5, 0.6) is 0 Å². The third-order valence-corrected chi connectivity index (χ3v) is 7.35. The molecule has 1 aromatic heterocycles. The Bertz CT molecular complexity index is 1130. The van der Waals surface area contributed by atoms with Gasteiger partial charge in [0.15, 0.2) is 0 Å². The minimum atomic E-state index is -3.54. The fourth-order valence-corrected chi connectivity index (χ4v) is 5.16. The number of hydrazone groups is 1. The van der Waals surface area contributed by atoms with Crippen molar-refractivity contribution < 1.29 is 13.2 Å². The summed E-state index contributed by atoms with van der Waals surface area (Å²) in [5.74, 6) is -0.521. The number of nitrogens with one attached hydrogen (secondary N) is 1. The monoisotopic (exact) mass is 448 g/mol. The maximum Gasteiger partial charge on any atom is 0.243 e. The van der Waals surface area contributed by atoms with Gasteiger partial charge in [0, 0.05) is 30.8 Å². The number of nitrogens with zero attached hydrogens (tertiary/aromatic N) is 3. The largest absolute Gasteiger partial charge is 0.273 e. The number of pyridine rings is 1. The Morgan fingerprint density at radius 1 is 0.906 bits per heavy atom. The van der Waals surface area contributed by atoms with E-state index in [9.17, 15) is 13.2 Å². The molecule has 1 N–H and O–H groups in total. The zero-order chi connectivity index (χ0) is 22.4. The molecule has 0 atom stereocenters. The Hall–Kier alpha value is -3.36. The van der Waals surface area contributed by atoms with Gasteiger partial charge >= 0.3 is 0 Å². The molecule has 0 saturated carbocycles. The van der Waals surface area contributed by atoms with Crippen molar-refractivity contribution in [1.29, 1.82) is 0 Å². The fourth-order valence-electron chi connectivity index (χ4n) is 3.67. The van der Waals surface area contributed by atoms with E-state index in [1.807, 2.05) is 48.5 Å². The van der Waals surface area contributed by atoms with Gasteiger partial charge in [-0.3, -0.25) is 9.78 Å². The summed E-state index contributed by atoms with van der Waals surface area (Å²) in [5.41, 5.74) is 4.75. The second-order valence-corrected chi connectivity index (χ2v) is 9.45.